The van der Waals surface area contributed by atoms with Gasteiger partial charge >= 0.3 is 5.69 Å². The van der Waals surface area contributed by atoms with Gasteiger partial charge in [0.1, 0.15) is 5.82 Å². The Hall–Kier alpha value is -2.71. The van der Waals surface area contributed by atoms with Crippen molar-refractivity contribution < 1.29 is 4.79 Å². The van der Waals surface area contributed by atoms with Crippen LogP contribution in [0, 0.1) is 0 Å². The molecular weight excluding hydrogens is 440 g/mol. The number of nitrogens with two attached hydrogens (primary N) is 1. The molecule has 8 heteroatoms. The topological polar surface area (TPSA) is 96.5 Å². The van der Waals surface area contributed by atoms with Gasteiger partial charge in [-0.1, -0.05) is 31.4 Å². The summed E-state index contributed by atoms with van der Waals surface area (Å²) in [5, 5.41) is 3.78. The summed E-state index contributed by atoms with van der Waals surface area (Å²) in [7, 11) is 0. The van der Waals surface area contributed by atoms with E-state index in [1.54, 1.807) is 29.5 Å². The van der Waals surface area contributed by atoms with Crippen molar-refractivity contribution in [3.8, 4) is 5.69 Å². The highest BCUT2D eigenvalue weighted by atomic mass is 16.2. The SMILES string of the molecule is CC(Cc1ccc(-n2ccc(N3CCN(C(=O)C(C)(C)N)CC3)nc2=O)cc1)NC1CCCCC1. The van der Waals surface area contributed by atoms with Gasteiger partial charge in [0.25, 0.3) is 0 Å². The maximum atomic E-state index is 12.8. The van der Waals surface area contributed by atoms with Gasteiger partial charge in [0.15, 0.2) is 0 Å². The summed E-state index contributed by atoms with van der Waals surface area (Å²) in [4.78, 5) is 33.4. The Balaban J connectivity index is 1.34. The summed E-state index contributed by atoms with van der Waals surface area (Å²) in [5.41, 5.74) is 6.85. The summed E-state index contributed by atoms with van der Waals surface area (Å²) in [6.45, 7) is 8.09. The van der Waals surface area contributed by atoms with Crippen LogP contribution in [0.4, 0.5) is 5.82 Å². The molecule has 1 amide bonds. The molecule has 0 radical (unpaired) electrons. The standard InChI is InChI=1S/C27H40N6O2/c1-20(29-22-7-5-4-6-8-22)19-21-9-11-23(12-10-21)33-14-13-24(30-26(33)35)31-15-17-32(18-16-31)25(34)27(2,3)28/h9-14,20,22,29H,4-8,15-19,28H2,1-3H3. The third-order valence-electron chi connectivity index (χ3n) is 7.11. The Morgan fingerprint density at radius 3 is 2.34 bits per heavy atom. The predicted molar refractivity (Wildman–Crippen MR) is 140 cm³/mol. The molecule has 1 unspecified atom stereocenters. The molecule has 4 rings (SSSR count). The number of piperazine rings is 1. The molecule has 0 bridgehead atoms. The van der Waals surface area contributed by atoms with Crippen LogP contribution in [0.5, 0.6) is 0 Å². The number of benzene rings is 1. The number of nitrogens with one attached hydrogen (secondary N) is 1. The molecule has 1 saturated carbocycles. The molecule has 8 nitrogen and oxygen atoms in total. The van der Waals surface area contributed by atoms with Crippen LogP contribution in [0.15, 0.2) is 41.3 Å². The average molecular weight is 481 g/mol. The molecule has 2 aliphatic rings. The zero-order valence-electron chi connectivity index (χ0n) is 21.4. The molecule has 1 aliphatic carbocycles. The largest absolute Gasteiger partial charge is 0.354 e. The lowest BCUT2D eigenvalue weighted by Crippen LogP contribution is -2.57. The zero-order chi connectivity index (χ0) is 25.0. The third kappa shape index (κ3) is 6.49. The summed E-state index contributed by atoms with van der Waals surface area (Å²) in [5.74, 6) is 0.590. The monoisotopic (exact) mass is 480 g/mol. The first-order valence-electron chi connectivity index (χ1n) is 13.0. The second-order valence-corrected chi connectivity index (χ2v) is 10.7. The molecule has 2 fully saturated rings. The molecule has 1 atom stereocenters. The van der Waals surface area contributed by atoms with Crippen LogP contribution in [0.3, 0.4) is 0 Å². The van der Waals surface area contributed by atoms with Crippen LogP contribution in [0.25, 0.3) is 5.69 Å². The van der Waals surface area contributed by atoms with Crippen molar-refractivity contribution in [2.24, 2.45) is 5.73 Å². The molecular formula is C27H40N6O2. The average Bonchev–Trinajstić information content (AvgIpc) is 2.84. The van der Waals surface area contributed by atoms with E-state index in [9.17, 15) is 9.59 Å². The van der Waals surface area contributed by atoms with Crippen molar-refractivity contribution in [2.45, 2.75) is 76.9 Å². The Morgan fingerprint density at radius 1 is 1.09 bits per heavy atom. The van der Waals surface area contributed by atoms with Crippen molar-refractivity contribution in [3.63, 3.8) is 0 Å². The van der Waals surface area contributed by atoms with E-state index >= 15 is 0 Å². The second-order valence-electron chi connectivity index (χ2n) is 10.7. The van der Waals surface area contributed by atoms with Crippen molar-refractivity contribution in [2.75, 3.05) is 31.1 Å². The second kappa shape index (κ2) is 10.9. The van der Waals surface area contributed by atoms with Gasteiger partial charge < -0.3 is 20.9 Å². The molecule has 1 saturated heterocycles. The van der Waals surface area contributed by atoms with E-state index in [-0.39, 0.29) is 11.6 Å². The van der Waals surface area contributed by atoms with Crippen molar-refractivity contribution in [3.05, 3.63) is 52.6 Å². The van der Waals surface area contributed by atoms with Crippen LogP contribution in [0.1, 0.15) is 58.4 Å². The lowest BCUT2D eigenvalue weighted by atomic mass is 9.94. The van der Waals surface area contributed by atoms with Gasteiger partial charge in [-0.3, -0.25) is 9.36 Å². The molecule has 35 heavy (non-hydrogen) atoms. The minimum Gasteiger partial charge on any atom is -0.353 e. The van der Waals surface area contributed by atoms with Crippen LogP contribution >= 0.6 is 0 Å². The summed E-state index contributed by atoms with van der Waals surface area (Å²) >= 11 is 0. The number of aromatic nitrogens is 2. The van der Waals surface area contributed by atoms with E-state index in [0.717, 1.165) is 12.1 Å². The number of nitrogens with zero attached hydrogens (tertiary/aromatic N) is 4. The molecule has 1 aliphatic heterocycles. The minimum atomic E-state index is -0.875. The first-order chi connectivity index (χ1) is 16.7. The number of hydrogen-bond donors (Lipinski definition) is 2. The fraction of sp³-hybridized carbons (Fsp3) is 0.593. The van der Waals surface area contributed by atoms with E-state index < -0.39 is 5.54 Å². The number of carbonyl (C=O) groups is 1. The number of hydrogen-bond acceptors (Lipinski definition) is 6. The zero-order valence-corrected chi connectivity index (χ0v) is 21.4. The quantitative estimate of drug-likeness (QED) is 0.632. The number of amides is 1. The molecule has 2 heterocycles. The molecule has 3 N–H and O–H groups in total. The summed E-state index contributed by atoms with van der Waals surface area (Å²) in [6.07, 6.45) is 9.37. The summed E-state index contributed by atoms with van der Waals surface area (Å²) in [6, 6.07) is 11.1. The molecule has 1 aromatic carbocycles. The van der Waals surface area contributed by atoms with Gasteiger partial charge in [0, 0.05) is 44.5 Å². The summed E-state index contributed by atoms with van der Waals surface area (Å²) < 4.78 is 1.58. The Bertz CT molecular complexity index is 1040. The van der Waals surface area contributed by atoms with E-state index in [4.69, 9.17) is 5.73 Å². The maximum absolute atomic E-state index is 12.8. The van der Waals surface area contributed by atoms with Gasteiger partial charge in [0.2, 0.25) is 5.91 Å². The normalized spacial score (nSPS) is 18.5. The van der Waals surface area contributed by atoms with Gasteiger partial charge in [-0.05, 0) is 63.8 Å². The minimum absolute atomic E-state index is 0.0527. The first-order valence-corrected chi connectivity index (χ1v) is 13.0. The van der Waals surface area contributed by atoms with Crippen molar-refractivity contribution in [1.82, 2.24) is 19.8 Å². The van der Waals surface area contributed by atoms with Crippen molar-refractivity contribution in [1.29, 1.82) is 0 Å². The van der Waals surface area contributed by atoms with Gasteiger partial charge in [-0.2, -0.15) is 4.98 Å². The molecule has 190 valence electrons. The first kappa shape index (κ1) is 25.4. The maximum Gasteiger partial charge on any atom is 0.354 e. The molecule has 2 aromatic rings. The Labute approximate surface area is 208 Å². The van der Waals surface area contributed by atoms with Gasteiger partial charge in [-0.15, -0.1) is 0 Å². The number of anilines is 1. The van der Waals surface area contributed by atoms with Gasteiger partial charge in [0.05, 0.1) is 11.2 Å². The van der Waals surface area contributed by atoms with Gasteiger partial charge in [-0.25, -0.2) is 4.79 Å². The van der Waals surface area contributed by atoms with Crippen molar-refractivity contribution >= 4 is 11.7 Å². The highest BCUT2D eigenvalue weighted by Gasteiger charge is 2.30. The van der Waals surface area contributed by atoms with Crippen LogP contribution in [-0.4, -0.2) is 64.2 Å². The van der Waals surface area contributed by atoms with E-state index in [1.807, 2.05) is 23.1 Å². The molecule has 1 aromatic heterocycles. The number of rotatable bonds is 7. The fourth-order valence-electron chi connectivity index (χ4n) is 5.19. The van der Waals surface area contributed by atoms with E-state index in [1.165, 1.54) is 37.7 Å². The van der Waals surface area contributed by atoms with Crippen LogP contribution in [0.2, 0.25) is 0 Å². The number of carbonyl (C=O) groups excluding carboxylic acids is 1. The highest BCUT2D eigenvalue weighted by molar-refractivity contribution is 5.85. The van der Waals surface area contributed by atoms with Crippen LogP contribution < -0.4 is 21.6 Å². The Kier molecular flexibility index (Phi) is 7.91. The lowest BCUT2D eigenvalue weighted by Gasteiger charge is -2.37. The van der Waals surface area contributed by atoms with E-state index in [0.29, 0.717) is 44.1 Å². The third-order valence-corrected chi connectivity index (χ3v) is 7.11. The Morgan fingerprint density at radius 2 is 1.74 bits per heavy atom. The highest BCUT2D eigenvalue weighted by Crippen LogP contribution is 2.19. The fourth-order valence-corrected chi connectivity index (χ4v) is 5.19. The lowest BCUT2D eigenvalue weighted by molar-refractivity contribution is -0.136. The van der Waals surface area contributed by atoms with Crippen LogP contribution in [-0.2, 0) is 11.2 Å². The smallest absolute Gasteiger partial charge is 0.353 e. The molecule has 0 spiro atoms. The van der Waals surface area contributed by atoms with E-state index in [2.05, 4.69) is 29.4 Å². The predicted octanol–water partition coefficient (Wildman–Crippen LogP) is 2.47.